The molecule has 0 aliphatic heterocycles. The monoisotopic (exact) mass is 467 g/mol. The minimum atomic E-state index is -5.09. The molecule has 176 valence electrons. The van der Waals surface area contributed by atoms with Crippen molar-refractivity contribution >= 4 is 22.8 Å². The topological polar surface area (TPSA) is 67.6 Å². The molecule has 0 spiro atoms. The molecule has 2 aromatic carbocycles. The summed E-state index contributed by atoms with van der Waals surface area (Å²) in [5, 5.41) is 10.8. The number of benzene rings is 2. The van der Waals surface area contributed by atoms with Crippen molar-refractivity contribution < 1.29 is 31.8 Å². The van der Waals surface area contributed by atoms with E-state index in [1.807, 2.05) is 0 Å². The molecule has 3 rings (SSSR count). The van der Waals surface area contributed by atoms with Gasteiger partial charge in [0.25, 0.3) is 0 Å². The molecular formula is C23H22F5N3O2. The standard InChI is InChI=1S/C23H22F5N3O2/c1-4-14(15-6-5-7-18(25)21(15)33-3)10-22(32,23(26,27)28)12-30-19-9-8-17(24)20-16(19)11-29-13(2)31-20/h5-9,11-12,14,32H,4,10H2,1-3H3/b30-12-. The molecule has 1 aromatic heterocycles. The number of hydrogen-bond donors (Lipinski definition) is 1. The lowest BCUT2D eigenvalue weighted by atomic mass is 9.84. The summed E-state index contributed by atoms with van der Waals surface area (Å²) < 4.78 is 75.2. The Kier molecular flexibility index (Phi) is 6.97. The Balaban J connectivity index is 2.04. The summed E-state index contributed by atoms with van der Waals surface area (Å²) >= 11 is 0. The minimum absolute atomic E-state index is 0.0366. The lowest BCUT2D eigenvalue weighted by molar-refractivity contribution is -0.232. The highest BCUT2D eigenvalue weighted by molar-refractivity contribution is 5.91. The quantitative estimate of drug-likeness (QED) is 0.352. The van der Waals surface area contributed by atoms with Gasteiger partial charge in [0.2, 0.25) is 0 Å². The molecule has 0 aliphatic carbocycles. The lowest BCUT2D eigenvalue weighted by Gasteiger charge is -2.31. The van der Waals surface area contributed by atoms with Gasteiger partial charge in [-0.15, -0.1) is 0 Å². The first-order valence-corrected chi connectivity index (χ1v) is 10.1. The maximum atomic E-state index is 14.1. The van der Waals surface area contributed by atoms with Gasteiger partial charge in [-0.1, -0.05) is 19.1 Å². The number of hydrogen-bond acceptors (Lipinski definition) is 5. The summed E-state index contributed by atoms with van der Waals surface area (Å²) in [7, 11) is 1.22. The highest BCUT2D eigenvalue weighted by Crippen LogP contribution is 2.42. The molecule has 0 radical (unpaired) electrons. The van der Waals surface area contributed by atoms with Crippen molar-refractivity contribution in [3.05, 3.63) is 59.6 Å². The van der Waals surface area contributed by atoms with Gasteiger partial charge < -0.3 is 9.84 Å². The predicted molar refractivity (Wildman–Crippen MR) is 114 cm³/mol. The number of ether oxygens (including phenoxy) is 1. The van der Waals surface area contributed by atoms with Crippen LogP contribution in [0, 0.1) is 18.6 Å². The average Bonchev–Trinajstić information content (AvgIpc) is 2.76. The van der Waals surface area contributed by atoms with Crippen LogP contribution >= 0.6 is 0 Å². The summed E-state index contributed by atoms with van der Waals surface area (Å²) in [6.45, 7) is 3.17. The van der Waals surface area contributed by atoms with E-state index in [1.54, 1.807) is 13.8 Å². The number of aryl methyl sites for hydroxylation is 1. The van der Waals surface area contributed by atoms with Gasteiger partial charge in [-0.05, 0) is 43.9 Å². The fourth-order valence-electron chi connectivity index (χ4n) is 3.60. The zero-order valence-electron chi connectivity index (χ0n) is 18.1. The van der Waals surface area contributed by atoms with Crippen LogP contribution in [0.1, 0.15) is 37.1 Å². The molecule has 1 N–H and O–H groups in total. The van der Waals surface area contributed by atoms with Crippen molar-refractivity contribution in [1.29, 1.82) is 0 Å². The zero-order valence-corrected chi connectivity index (χ0v) is 18.1. The fraction of sp³-hybridized carbons (Fsp3) is 0.348. The molecule has 0 bridgehead atoms. The smallest absolute Gasteiger partial charge is 0.422 e. The van der Waals surface area contributed by atoms with Gasteiger partial charge in [0.15, 0.2) is 17.2 Å². The first kappa shape index (κ1) is 24.5. The fourth-order valence-corrected chi connectivity index (χ4v) is 3.60. The van der Waals surface area contributed by atoms with Crippen molar-refractivity contribution in [2.45, 2.75) is 44.4 Å². The predicted octanol–water partition coefficient (Wildman–Crippen LogP) is 5.80. The van der Waals surface area contributed by atoms with E-state index in [9.17, 15) is 27.1 Å². The number of rotatable bonds is 7. The Hall–Kier alpha value is -3.14. The van der Waals surface area contributed by atoms with Crippen LogP contribution in [0.15, 0.2) is 41.5 Å². The molecule has 0 fully saturated rings. The first-order valence-electron chi connectivity index (χ1n) is 10.1. The van der Waals surface area contributed by atoms with E-state index in [-0.39, 0.29) is 40.1 Å². The third kappa shape index (κ3) is 4.95. The normalized spacial score (nSPS) is 15.1. The number of nitrogens with zero attached hydrogens (tertiary/aromatic N) is 3. The van der Waals surface area contributed by atoms with E-state index in [4.69, 9.17) is 4.74 Å². The van der Waals surface area contributed by atoms with Crippen LogP contribution in [0.5, 0.6) is 5.75 Å². The van der Waals surface area contributed by atoms with Crippen molar-refractivity contribution in [2.24, 2.45) is 4.99 Å². The number of aliphatic imine (C=N–C) groups is 1. The van der Waals surface area contributed by atoms with Gasteiger partial charge in [0.05, 0.1) is 12.8 Å². The lowest BCUT2D eigenvalue weighted by Crippen LogP contribution is -2.47. The van der Waals surface area contributed by atoms with Crippen LogP contribution < -0.4 is 4.74 Å². The molecule has 33 heavy (non-hydrogen) atoms. The van der Waals surface area contributed by atoms with Crippen LogP contribution in [-0.4, -0.2) is 40.2 Å². The van der Waals surface area contributed by atoms with Crippen LogP contribution in [-0.2, 0) is 0 Å². The Labute approximate surface area is 187 Å². The summed E-state index contributed by atoms with van der Waals surface area (Å²) in [6, 6.07) is 6.16. The van der Waals surface area contributed by atoms with Crippen LogP contribution in [0.4, 0.5) is 27.6 Å². The number of methoxy groups -OCH3 is 1. The third-order valence-corrected chi connectivity index (χ3v) is 5.40. The van der Waals surface area contributed by atoms with Gasteiger partial charge in [0.1, 0.15) is 17.2 Å². The van der Waals surface area contributed by atoms with Crippen LogP contribution in [0.2, 0.25) is 0 Å². The maximum Gasteiger partial charge on any atom is 0.422 e. The van der Waals surface area contributed by atoms with Crippen molar-refractivity contribution in [3.8, 4) is 5.75 Å². The highest BCUT2D eigenvalue weighted by atomic mass is 19.4. The number of halogens is 5. The first-order chi connectivity index (χ1) is 15.5. The summed E-state index contributed by atoms with van der Waals surface area (Å²) in [5.74, 6) is -2.19. The van der Waals surface area contributed by atoms with E-state index < -0.39 is 35.8 Å². The minimum Gasteiger partial charge on any atom is -0.493 e. The largest absolute Gasteiger partial charge is 0.493 e. The molecule has 1 heterocycles. The summed E-state index contributed by atoms with van der Waals surface area (Å²) in [6.07, 6.45) is -4.11. The van der Waals surface area contributed by atoms with E-state index in [2.05, 4.69) is 15.0 Å². The van der Waals surface area contributed by atoms with Gasteiger partial charge in [-0.25, -0.2) is 18.7 Å². The molecule has 0 aliphatic rings. The van der Waals surface area contributed by atoms with Gasteiger partial charge in [-0.3, -0.25) is 4.99 Å². The van der Waals surface area contributed by atoms with E-state index in [1.165, 1.54) is 31.5 Å². The number of para-hydroxylation sites is 1. The Morgan fingerprint density at radius 2 is 1.88 bits per heavy atom. The molecule has 0 amide bonds. The molecule has 0 saturated heterocycles. The second-order valence-corrected chi connectivity index (χ2v) is 7.60. The summed E-state index contributed by atoms with van der Waals surface area (Å²) in [5.41, 5.74) is -3.28. The second kappa shape index (κ2) is 9.38. The molecule has 10 heteroatoms. The number of aromatic nitrogens is 2. The third-order valence-electron chi connectivity index (χ3n) is 5.40. The van der Waals surface area contributed by atoms with Crippen molar-refractivity contribution in [2.75, 3.05) is 7.11 Å². The number of alkyl halides is 3. The zero-order chi connectivity index (χ0) is 24.4. The van der Waals surface area contributed by atoms with Gasteiger partial charge >= 0.3 is 6.18 Å². The SMILES string of the molecule is CCC(CC(O)(/C=N\c1ccc(F)c2nc(C)ncc12)C(F)(F)F)c1cccc(F)c1OC. The second-order valence-electron chi connectivity index (χ2n) is 7.60. The number of fused-ring (bicyclic) bond motifs is 1. The molecule has 5 nitrogen and oxygen atoms in total. The number of aliphatic hydroxyl groups is 1. The van der Waals surface area contributed by atoms with Crippen molar-refractivity contribution in [3.63, 3.8) is 0 Å². The molecule has 2 atom stereocenters. The maximum absolute atomic E-state index is 14.1. The van der Waals surface area contributed by atoms with E-state index >= 15 is 0 Å². The van der Waals surface area contributed by atoms with Gasteiger partial charge in [-0.2, -0.15) is 13.2 Å². The molecule has 0 saturated carbocycles. The Bertz CT molecular complexity index is 1180. The van der Waals surface area contributed by atoms with Crippen LogP contribution in [0.3, 0.4) is 0 Å². The molecular weight excluding hydrogens is 445 g/mol. The van der Waals surface area contributed by atoms with Crippen molar-refractivity contribution in [1.82, 2.24) is 9.97 Å². The average molecular weight is 467 g/mol. The van der Waals surface area contributed by atoms with Crippen LogP contribution in [0.25, 0.3) is 10.9 Å². The molecule has 3 aromatic rings. The van der Waals surface area contributed by atoms with Gasteiger partial charge in [0, 0.05) is 23.4 Å². The Morgan fingerprint density at radius 1 is 1.15 bits per heavy atom. The van der Waals surface area contributed by atoms with E-state index in [0.717, 1.165) is 12.1 Å². The van der Waals surface area contributed by atoms with E-state index in [0.29, 0.717) is 6.21 Å². The molecule has 2 unspecified atom stereocenters. The highest BCUT2D eigenvalue weighted by Gasteiger charge is 2.53. The summed E-state index contributed by atoms with van der Waals surface area (Å²) in [4.78, 5) is 11.7. The Morgan fingerprint density at radius 3 is 2.52 bits per heavy atom.